The second-order valence-corrected chi connectivity index (χ2v) is 6.04. The molecule has 0 bridgehead atoms. The van der Waals surface area contributed by atoms with E-state index in [2.05, 4.69) is 25.5 Å². The van der Waals surface area contributed by atoms with Crippen molar-refractivity contribution >= 4 is 11.8 Å². The quantitative estimate of drug-likeness (QED) is 0.906. The van der Waals surface area contributed by atoms with E-state index >= 15 is 0 Å². The van der Waals surface area contributed by atoms with Gasteiger partial charge in [-0.2, -0.15) is 0 Å². The first-order valence-corrected chi connectivity index (χ1v) is 8.36. The van der Waals surface area contributed by atoms with Gasteiger partial charge in [-0.1, -0.05) is 12.1 Å². The number of pyridine rings is 2. The summed E-state index contributed by atoms with van der Waals surface area (Å²) in [7, 11) is 0. The van der Waals surface area contributed by atoms with E-state index in [-0.39, 0.29) is 18.1 Å². The van der Waals surface area contributed by atoms with Crippen LogP contribution in [0.15, 0.2) is 48.8 Å². The van der Waals surface area contributed by atoms with Crippen LogP contribution in [0.25, 0.3) is 0 Å². The minimum Gasteiger partial charge on any atom is -0.356 e. The van der Waals surface area contributed by atoms with E-state index in [1.165, 1.54) is 0 Å². The standard InChI is InChI=1S/C18H23N5O/c1-14(16-6-2-4-10-19-16)21-18(24)22-15-8-12-23(13-9-15)17-7-3-5-11-20-17/h2-7,10-11,14-15H,8-9,12-13H2,1H3,(H2,21,22,24)/t14-/m1/s1. The smallest absolute Gasteiger partial charge is 0.315 e. The lowest BCUT2D eigenvalue weighted by molar-refractivity contribution is 0.231. The zero-order valence-corrected chi connectivity index (χ0v) is 13.9. The minimum absolute atomic E-state index is 0.111. The Bertz CT molecular complexity index is 641. The highest BCUT2D eigenvalue weighted by Gasteiger charge is 2.22. The minimum atomic E-state index is -0.135. The molecule has 2 amide bonds. The van der Waals surface area contributed by atoms with Crippen molar-refractivity contribution < 1.29 is 4.79 Å². The molecule has 6 nitrogen and oxygen atoms in total. The molecule has 6 heteroatoms. The van der Waals surface area contributed by atoms with Crippen LogP contribution in [0, 0.1) is 0 Å². The summed E-state index contributed by atoms with van der Waals surface area (Å²) in [5.74, 6) is 1.00. The van der Waals surface area contributed by atoms with Crippen molar-refractivity contribution in [2.45, 2.75) is 31.8 Å². The topological polar surface area (TPSA) is 70.2 Å². The Morgan fingerprint density at radius 1 is 1.12 bits per heavy atom. The first kappa shape index (κ1) is 16.2. The fourth-order valence-electron chi connectivity index (χ4n) is 2.92. The van der Waals surface area contributed by atoms with Gasteiger partial charge in [-0.15, -0.1) is 0 Å². The number of hydrogen-bond acceptors (Lipinski definition) is 4. The lowest BCUT2D eigenvalue weighted by atomic mass is 10.1. The van der Waals surface area contributed by atoms with Crippen LogP contribution in [0.3, 0.4) is 0 Å². The van der Waals surface area contributed by atoms with Crippen molar-refractivity contribution in [1.82, 2.24) is 20.6 Å². The number of piperidine rings is 1. The normalized spacial score (nSPS) is 16.5. The number of nitrogens with zero attached hydrogens (tertiary/aromatic N) is 3. The molecule has 3 rings (SSSR count). The number of aromatic nitrogens is 2. The Morgan fingerprint density at radius 3 is 2.46 bits per heavy atom. The van der Waals surface area contributed by atoms with Crippen LogP contribution in [-0.2, 0) is 0 Å². The molecule has 0 radical (unpaired) electrons. The number of carbonyl (C=O) groups is 1. The average molecular weight is 325 g/mol. The summed E-state index contributed by atoms with van der Waals surface area (Å²) in [5.41, 5.74) is 0.859. The van der Waals surface area contributed by atoms with Gasteiger partial charge in [0.05, 0.1) is 11.7 Å². The van der Waals surface area contributed by atoms with E-state index in [4.69, 9.17) is 0 Å². The SMILES string of the molecule is C[C@@H](NC(=O)NC1CCN(c2ccccn2)CC1)c1ccccn1. The Kier molecular flexibility index (Phi) is 5.25. The molecule has 0 aliphatic carbocycles. The van der Waals surface area contributed by atoms with Gasteiger partial charge in [0.2, 0.25) is 0 Å². The molecule has 2 aromatic heterocycles. The van der Waals surface area contributed by atoms with Crippen molar-refractivity contribution in [3.63, 3.8) is 0 Å². The maximum absolute atomic E-state index is 12.2. The van der Waals surface area contributed by atoms with Crippen LogP contribution < -0.4 is 15.5 Å². The number of rotatable bonds is 4. The first-order chi connectivity index (χ1) is 11.7. The summed E-state index contributed by atoms with van der Waals surface area (Å²) in [6.45, 7) is 3.74. The van der Waals surface area contributed by atoms with Gasteiger partial charge in [0.1, 0.15) is 5.82 Å². The summed E-state index contributed by atoms with van der Waals surface area (Å²) in [5, 5.41) is 6.01. The van der Waals surface area contributed by atoms with Crippen molar-refractivity contribution in [3.8, 4) is 0 Å². The van der Waals surface area contributed by atoms with Gasteiger partial charge < -0.3 is 15.5 Å². The summed E-state index contributed by atoms with van der Waals surface area (Å²) in [6, 6.07) is 11.6. The maximum atomic E-state index is 12.2. The van der Waals surface area contributed by atoms with Gasteiger partial charge in [0.25, 0.3) is 0 Å². The molecular weight excluding hydrogens is 302 g/mol. The van der Waals surface area contributed by atoms with E-state index in [0.29, 0.717) is 0 Å². The third kappa shape index (κ3) is 4.22. The molecule has 126 valence electrons. The van der Waals surface area contributed by atoms with E-state index in [1.807, 2.05) is 49.5 Å². The molecular formula is C18H23N5O. The molecule has 1 aliphatic heterocycles. The van der Waals surface area contributed by atoms with Gasteiger partial charge in [0, 0.05) is 31.5 Å². The second-order valence-electron chi connectivity index (χ2n) is 6.04. The van der Waals surface area contributed by atoms with Crippen LogP contribution in [-0.4, -0.2) is 35.1 Å². The molecule has 1 atom stereocenters. The lowest BCUT2D eigenvalue weighted by Crippen LogP contribution is -2.48. The number of anilines is 1. The fourth-order valence-corrected chi connectivity index (χ4v) is 2.92. The van der Waals surface area contributed by atoms with E-state index in [0.717, 1.165) is 37.4 Å². The maximum Gasteiger partial charge on any atom is 0.315 e. The van der Waals surface area contributed by atoms with Crippen molar-refractivity contribution in [1.29, 1.82) is 0 Å². The number of carbonyl (C=O) groups excluding carboxylic acids is 1. The Morgan fingerprint density at radius 2 is 1.83 bits per heavy atom. The number of amides is 2. The molecule has 0 unspecified atom stereocenters. The van der Waals surface area contributed by atoms with Gasteiger partial charge in [-0.05, 0) is 44.0 Å². The van der Waals surface area contributed by atoms with Crippen molar-refractivity contribution in [2.75, 3.05) is 18.0 Å². The third-order valence-electron chi connectivity index (χ3n) is 4.28. The first-order valence-electron chi connectivity index (χ1n) is 8.36. The molecule has 1 saturated heterocycles. The number of nitrogens with one attached hydrogen (secondary N) is 2. The molecule has 3 heterocycles. The van der Waals surface area contributed by atoms with Crippen molar-refractivity contribution in [2.24, 2.45) is 0 Å². The highest BCUT2D eigenvalue weighted by atomic mass is 16.2. The molecule has 2 aromatic rings. The number of hydrogen-bond donors (Lipinski definition) is 2. The van der Waals surface area contributed by atoms with Gasteiger partial charge in [0.15, 0.2) is 0 Å². The summed E-state index contributed by atoms with van der Waals surface area (Å²) in [4.78, 5) is 23.1. The fraction of sp³-hybridized carbons (Fsp3) is 0.389. The Hall–Kier alpha value is -2.63. The van der Waals surface area contributed by atoms with E-state index in [9.17, 15) is 4.79 Å². The van der Waals surface area contributed by atoms with Gasteiger partial charge in [-0.25, -0.2) is 9.78 Å². The highest BCUT2D eigenvalue weighted by Crippen LogP contribution is 2.17. The van der Waals surface area contributed by atoms with Gasteiger partial charge >= 0.3 is 6.03 Å². The van der Waals surface area contributed by atoms with E-state index in [1.54, 1.807) is 6.20 Å². The van der Waals surface area contributed by atoms with Crippen LogP contribution in [0.1, 0.15) is 31.5 Å². The largest absolute Gasteiger partial charge is 0.356 e. The molecule has 24 heavy (non-hydrogen) atoms. The molecule has 0 spiro atoms. The molecule has 0 saturated carbocycles. The third-order valence-corrected chi connectivity index (χ3v) is 4.28. The predicted molar refractivity (Wildman–Crippen MR) is 93.8 cm³/mol. The van der Waals surface area contributed by atoms with Crippen LogP contribution in [0.4, 0.5) is 10.6 Å². The zero-order valence-electron chi connectivity index (χ0n) is 13.9. The predicted octanol–water partition coefficient (Wildman–Crippen LogP) is 2.51. The Balaban J connectivity index is 1.45. The van der Waals surface area contributed by atoms with Gasteiger partial charge in [-0.3, -0.25) is 4.98 Å². The second kappa shape index (κ2) is 7.77. The summed E-state index contributed by atoms with van der Waals surface area (Å²) in [6.07, 6.45) is 5.38. The molecule has 1 fully saturated rings. The number of urea groups is 1. The van der Waals surface area contributed by atoms with Crippen LogP contribution in [0.2, 0.25) is 0 Å². The van der Waals surface area contributed by atoms with Crippen molar-refractivity contribution in [3.05, 3.63) is 54.5 Å². The monoisotopic (exact) mass is 325 g/mol. The average Bonchev–Trinajstić information content (AvgIpc) is 2.64. The summed E-state index contributed by atoms with van der Waals surface area (Å²) < 4.78 is 0. The highest BCUT2D eigenvalue weighted by molar-refractivity contribution is 5.74. The summed E-state index contributed by atoms with van der Waals surface area (Å²) >= 11 is 0. The van der Waals surface area contributed by atoms with Crippen LogP contribution in [0.5, 0.6) is 0 Å². The zero-order chi connectivity index (χ0) is 16.8. The molecule has 2 N–H and O–H groups in total. The van der Waals surface area contributed by atoms with E-state index < -0.39 is 0 Å². The molecule has 0 aromatic carbocycles. The van der Waals surface area contributed by atoms with Crippen LogP contribution >= 0.6 is 0 Å². The lowest BCUT2D eigenvalue weighted by Gasteiger charge is -2.33. The molecule has 1 aliphatic rings. The Labute approximate surface area is 142 Å².